The Morgan fingerprint density at radius 1 is 1.16 bits per heavy atom. The van der Waals surface area contributed by atoms with Gasteiger partial charge in [0, 0.05) is 25.4 Å². The number of nitrogens with one attached hydrogen (secondary N) is 2. The van der Waals surface area contributed by atoms with Crippen LogP contribution in [0.3, 0.4) is 0 Å². The molecule has 0 unspecified atom stereocenters. The van der Waals surface area contributed by atoms with Crippen LogP contribution in [0.15, 0.2) is 24.3 Å². The summed E-state index contributed by atoms with van der Waals surface area (Å²) in [4.78, 5) is 12.1. The molecule has 0 aliphatic carbocycles. The van der Waals surface area contributed by atoms with E-state index < -0.39 is 0 Å². The van der Waals surface area contributed by atoms with E-state index in [0.29, 0.717) is 18.5 Å². The molecule has 0 aliphatic rings. The lowest BCUT2D eigenvalue weighted by Crippen LogP contribution is -2.05. The second kappa shape index (κ2) is 6.31. The van der Waals surface area contributed by atoms with E-state index in [1.807, 2.05) is 24.3 Å². The van der Waals surface area contributed by atoms with Crippen LogP contribution in [0.4, 0.5) is 17.6 Å². The number of halogens is 1. The second-order valence-corrected chi connectivity index (χ2v) is 4.05. The van der Waals surface area contributed by atoms with E-state index >= 15 is 0 Å². The lowest BCUT2D eigenvalue weighted by atomic mass is 10.2. The van der Waals surface area contributed by atoms with Crippen LogP contribution in [0, 0.1) is 0 Å². The highest BCUT2D eigenvalue weighted by atomic mass is 35.5. The average molecular weight is 280 g/mol. The van der Waals surface area contributed by atoms with Crippen molar-refractivity contribution >= 4 is 29.2 Å². The number of rotatable bonds is 5. The normalized spacial score (nSPS) is 10.3. The van der Waals surface area contributed by atoms with Crippen molar-refractivity contribution in [3.63, 3.8) is 0 Å². The molecule has 2 N–H and O–H groups in total. The molecule has 0 saturated carbocycles. The summed E-state index contributed by atoms with van der Waals surface area (Å²) in [6.07, 6.45) is 0. The van der Waals surface area contributed by atoms with Crippen LogP contribution in [0.1, 0.15) is 5.56 Å². The zero-order valence-corrected chi connectivity index (χ0v) is 11.4. The molecule has 100 valence electrons. The summed E-state index contributed by atoms with van der Waals surface area (Å²) in [7, 11) is 3.37. The number of aromatic nitrogens is 3. The van der Waals surface area contributed by atoms with Gasteiger partial charge in [-0.3, -0.25) is 0 Å². The highest BCUT2D eigenvalue weighted by Crippen LogP contribution is 2.20. The third-order valence-corrected chi connectivity index (χ3v) is 2.56. The minimum absolute atomic E-state index is 0.131. The highest BCUT2D eigenvalue weighted by Gasteiger charge is 2.06. The van der Waals surface area contributed by atoms with Gasteiger partial charge in [0.05, 0.1) is 6.61 Å². The van der Waals surface area contributed by atoms with Gasteiger partial charge < -0.3 is 15.4 Å². The van der Waals surface area contributed by atoms with E-state index in [0.717, 1.165) is 11.3 Å². The molecule has 7 heteroatoms. The molecule has 2 rings (SSSR count). The molecule has 1 heterocycles. The van der Waals surface area contributed by atoms with Crippen molar-refractivity contribution in [1.82, 2.24) is 15.0 Å². The van der Waals surface area contributed by atoms with Crippen LogP contribution in [0.5, 0.6) is 0 Å². The van der Waals surface area contributed by atoms with Gasteiger partial charge in [-0.2, -0.15) is 15.0 Å². The molecule has 0 saturated heterocycles. The van der Waals surface area contributed by atoms with Crippen LogP contribution in [0.2, 0.25) is 5.28 Å². The lowest BCUT2D eigenvalue weighted by molar-refractivity contribution is 0.185. The quantitative estimate of drug-likeness (QED) is 0.876. The van der Waals surface area contributed by atoms with Gasteiger partial charge in [0.25, 0.3) is 0 Å². The van der Waals surface area contributed by atoms with Crippen molar-refractivity contribution in [3.05, 3.63) is 35.1 Å². The number of ether oxygens (including phenoxy) is 1. The van der Waals surface area contributed by atoms with E-state index in [2.05, 4.69) is 25.6 Å². The molecule has 0 aliphatic heterocycles. The number of nitrogens with zero attached hydrogens (tertiary/aromatic N) is 3. The summed E-state index contributed by atoms with van der Waals surface area (Å²) >= 11 is 5.83. The molecule has 0 amide bonds. The van der Waals surface area contributed by atoms with Crippen LogP contribution < -0.4 is 10.6 Å². The molecule has 6 nitrogen and oxygen atoms in total. The topological polar surface area (TPSA) is 72.0 Å². The van der Waals surface area contributed by atoms with E-state index in [9.17, 15) is 0 Å². The highest BCUT2D eigenvalue weighted by molar-refractivity contribution is 6.28. The van der Waals surface area contributed by atoms with Gasteiger partial charge in [-0.05, 0) is 17.7 Å². The fourth-order valence-corrected chi connectivity index (χ4v) is 1.72. The Kier molecular flexibility index (Phi) is 4.48. The van der Waals surface area contributed by atoms with Crippen molar-refractivity contribution in [1.29, 1.82) is 0 Å². The Bertz CT molecular complexity index is 564. The summed E-state index contributed by atoms with van der Waals surface area (Å²) in [6, 6.07) is 7.75. The first-order valence-corrected chi connectivity index (χ1v) is 6.04. The minimum Gasteiger partial charge on any atom is -0.380 e. The number of anilines is 3. The van der Waals surface area contributed by atoms with Gasteiger partial charge in [0.2, 0.25) is 17.2 Å². The molecule has 0 bridgehead atoms. The van der Waals surface area contributed by atoms with E-state index in [-0.39, 0.29) is 5.28 Å². The SMILES string of the molecule is CNc1nc(Cl)nc(Nc2ccccc2COC)n1. The number of methoxy groups -OCH3 is 1. The van der Waals surface area contributed by atoms with Crippen molar-refractivity contribution < 1.29 is 4.74 Å². The van der Waals surface area contributed by atoms with Crippen molar-refractivity contribution in [2.75, 3.05) is 24.8 Å². The first-order chi connectivity index (χ1) is 9.22. The van der Waals surface area contributed by atoms with E-state index in [1.165, 1.54) is 0 Å². The molecule has 0 radical (unpaired) electrons. The van der Waals surface area contributed by atoms with Crippen molar-refractivity contribution in [2.24, 2.45) is 0 Å². The number of hydrogen-bond acceptors (Lipinski definition) is 6. The van der Waals surface area contributed by atoms with Crippen LogP contribution in [0.25, 0.3) is 0 Å². The molecule has 1 aromatic heterocycles. The van der Waals surface area contributed by atoms with Crippen LogP contribution in [-0.2, 0) is 11.3 Å². The standard InChI is InChI=1S/C12H14ClN5O/c1-14-11-16-10(13)17-12(18-11)15-9-6-4-3-5-8(9)7-19-2/h3-6H,7H2,1-2H3,(H2,14,15,16,17,18). The predicted octanol–water partition coefficient (Wildman–Crippen LogP) is 2.46. The Hall–Kier alpha value is -1.92. The van der Waals surface area contributed by atoms with Crippen molar-refractivity contribution in [3.8, 4) is 0 Å². The van der Waals surface area contributed by atoms with Crippen LogP contribution >= 0.6 is 11.6 Å². The van der Waals surface area contributed by atoms with Gasteiger partial charge in [0.1, 0.15) is 0 Å². The third kappa shape index (κ3) is 3.52. The second-order valence-electron chi connectivity index (χ2n) is 3.72. The van der Waals surface area contributed by atoms with Gasteiger partial charge >= 0.3 is 0 Å². The summed E-state index contributed by atoms with van der Waals surface area (Å²) in [5, 5.41) is 6.06. The summed E-state index contributed by atoms with van der Waals surface area (Å²) in [6.45, 7) is 0.501. The fourth-order valence-electron chi connectivity index (χ4n) is 1.56. The van der Waals surface area contributed by atoms with Crippen molar-refractivity contribution in [2.45, 2.75) is 6.61 Å². The largest absolute Gasteiger partial charge is 0.380 e. The minimum atomic E-state index is 0.131. The number of hydrogen-bond donors (Lipinski definition) is 2. The Morgan fingerprint density at radius 2 is 1.89 bits per heavy atom. The smallest absolute Gasteiger partial charge is 0.233 e. The first-order valence-electron chi connectivity index (χ1n) is 5.66. The maximum Gasteiger partial charge on any atom is 0.233 e. The van der Waals surface area contributed by atoms with Gasteiger partial charge in [-0.25, -0.2) is 0 Å². The third-order valence-electron chi connectivity index (χ3n) is 2.40. The number of para-hydroxylation sites is 1. The Balaban J connectivity index is 2.28. The zero-order valence-electron chi connectivity index (χ0n) is 10.6. The molecule has 2 aromatic rings. The molecular formula is C12H14ClN5O. The monoisotopic (exact) mass is 279 g/mol. The summed E-state index contributed by atoms with van der Waals surface area (Å²) in [5.41, 5.74) is 1.88. The average Bonchev–Trinajstić information content (AvgIpc) is 2.40. The Labute approximate surface area is 116 Å². The summed E-state index contributed by atoms with van der Waals surface area (Å²) in [5.74, 6) is 0.791. The fraction of sp³-hybridized carbons (Fsp3) is 0.250. The molecule has 19 heavy (non-hydrogen) atoms. The van der Waals surface area contributed by atoms with Crippen LogP contribution in [-0.4, -0.2) is 29.1 Å². The lowest BCUT2D eigenvalue weighted by Gasteiger charge is -2.10. The van der Waals surface area contributed by atoms with Gasteiger partial charge in [-0.15, -0.1) is 0 Å². The molecule has 0 atom stereocenters. The van der Waals surface area contributed by atoms with E-state index in [1.54, 1.807) is 14.2 Å². The molecular weight excluding hydrogens is 266 g/mol. The van der Waals surface area contributed by atoms with Gasteiger partial charge in [0.15, 0.2) is 0 Å². The number of benzene rings is 1. The molecule has 0 fully saturated rings. The van der Waals surface area contributed by atoms with Gasteiger partial charge in [-0.1, -0.05) is 18.2 Å². The maximum atomic E-state index is 5.83. The molecule has 0 spiro atoms. The predicted molar refractivity (Wildman–Crippen MR) is 74.8 cm³/mol. The maximum absolute atomic E-state index is 5.83. The summed E-state index contributed by atoms with van der Waals surface area (Å²) < 4.78 is 5.14. The Morgan fingerprint density at radius 3 is 2.63 bits per heavy atom. The molecule has 1 aromatic carbocycles. The zero-order chi connectivity index (χ0) is 13.7. The first kappa shape index (κ1) is 13.5. The van der Waals surface area contributed by atoms with E-state index in [4.69, 9.17) is 16.3 Å².